The molecule has 1 heterocycles. The Labute approximate surface area is 113 Å². The molecule has 19 heavy (non-hydrogen) atoms. The highest BCUT2D eigenvalue weighted by Crippen LogP contribution is 2.26. The quantitative estimate of drug-likeness (QED) is 0.407. The lowest BCUT2D eigenvalue weighted by Gasteiger charge is -2.01. The summed E-state index contributed by atoms with van der Waals surface area (Å²) in [4.78, 5) is 7.15. The fourth-order valence-corrected chi connectivity index (χ4v) is 1.14. The first-order chi connectivity index (χ1) is 8.81. The van der Waals surface area contributed by atoms with Gasteiger partial charge in [-0.15, -0.1) is 0 Å². The number of nitrogens with two attached hydrogens (primary N) is 4. The predicted octanol–water partition coefficient (Wildman–Crippen LogP) is 0.557. The summed E-state index contributed by atoms with van der Waals surface area (Å²) < 4.78 is 0. The molecule has 0 unspecified atom stereocenters. The Bertz CT molecular complexity index is 569. The monoisotopic (exact) mass is 284 g/mol. The van der Waals surface area contributed by atoms with E-state index in [0.29, 0.717) is 0 Å². The van der Waals surface area contributed by atoms with Crippen LogP contribution in [0.2, 0.25) is 5.02 Å². The van der Waals surface area contributed by atoms with Crippen molar-refractivity contribution in [1.82, 2.24) is 9.97 Å². The van der Waals surface area contributed by atoms with Gasteiger partial charge in [-0.25, -0.2) is 0 Å². The zero-order valence-corrected chi connectivity index (χ0v) is 10.5. The standard InChI is InChI=1S/C6H5ClO2.C4H8N6/c7-5-2-1-4(8)3-6(5)9;5-1-2(6)9-4(8)10-3(1)7/h1-3,8-9H;5H2,(H6,6,7,8,9,10). The second kappa shape index (κ2) is 5.83. The van der Waals surface area contributed by atoms with Crippen molar-refractivity contribution < 1.29 is 10.2 Å². The number of phenolic OH excluding ortho intramolecular Hbond substituents is 2. The van der Waals surface area contributed by atoms with Crippen LogP contribution in [0.4, 0.5) is 23.3 Å². The second-order valence-electron chi connectivity index (χ2n) is 3.40. The number of halogens is 1. The van der Waals surface area contributed by atoms with Gasteiger partial charge in [-0.2, -0.15) is 9.97 Å². The zero-order valence-electron chi connectivity index (χ0n) is 9.71. The van der Waals surface area contributed by atoms with E-state index in [2.05, 4.69) is 9.97 Å². The van der Waals surface area contributed by atoms with E-state index in [0.717, 1.165) is 0 Å². The molecule has 1 aromatic carbocycles. The molecule has 0 radical (unpaired) electrons. The van der Waals surface area contributed by atoms with Gasteiger partial charge in [0.15, 0.2) is 11.6 Å². The molecule has 10 N–H and O–H groups in total. The minimum atomic E-state index is -0.100. The van der Waals surface area contributed by atoms with Crippen LogP contribution in [0.1, 0.15) is 0 Å². The Balaban J connectivity index is 0.000000191. The van der Waals surface area contributed by atoms with Crippen LogP contribution in [0.3, 0.4) is 0 Å². The van der Waals surface area contributed by atoms with Crippen molar-refractivity contribution >= 4 is 34.9 Å². The molecule has 0 atom stereocenters. The van der Waals surface area contributed by atoms with E-state index in [1.54, 1.807) is 0 Å². The van der Waals surface area contributed by atoms with Gasteiger partial charge >= 0.3 is 0 Å². The van der Waals surface area contributed by atoms with E-state index in [-0.39, 0.29) is 39.8 Å². The van der Waals surface area contributed by atoms with Gasteiger partial charge in [-0.3, -0.25) is 0 Å². The van der Waals surface area contributed by atoms with Crippen molar-refractivity contribution in [3.05, 3.63) is 23.2 Å². The normalized spacial score (nSPS) is 9.53. The number of nitrogen functional groups attached to an aromatic ring is 4. The summed E-state index contributed by atoms with van der Waals surface area (Å²) in [7, 11) is 0. The smallest absolute Gasteiger partial charge is 0.224 e. The number of anilines is 4. The lowest BCUT2D eigenvalue weighted by molar-refractivity contribution is 0.451. The lowest BCUT2D eigenvalue weighted by Crippen LogP contribution is -2.07. The van der Waals surface area contributed by atoms with Crippen LogP contribution in [0, 0.1) is 0 Å². The maximum atomic E-state index is 8.81. The van der Waals surface area contributed by atoms with Crippen LogP contribution in [0.5, 0.6) is 11.5 Å². The molecule has 0 spiro atoms. The van der Waals surface area contributed by atoms with Crippen molar-refractivity contribution in [3.63, 3.8) is 0 Å². The van der Waals surface area contributed by atoms with E-state index < -0.39 is 0 Å². The Morgan fingerprint density at radius 3 is 1.89 bits per heavy atom. The molecule has 2 rings (SSSR count). The minimum Gasteiger partial charge on any atom is -0.508 e. The largest absolute Gasteiger partial charge is 0.508 e. The van der Waals surface area contributed by atoms with Gasteiger partial charge < -0.3 is 33.1 Å². The van der Waals surface area contributed by atoms with Gasteiger partial charge in [0.1, 0.15) is 17.2 Å². The number of phenols is 2. The van der Waals surface area contributed by atoms with Crippen molar-refractivity contribution in [3.8, 4) is 11.5 Å². The van der Waals surface area contributed by atoms with Gasteiger partial charge in [-0.05, 0) is 12.1 Å². The van der Waals surface area contributed by atoms with E-state index in [9.17, 15) is 0 Å². The number of hydrogen-bond acceptors (Lipinski definition) is 8. The molecule has 0 aliphatic carbocycles. The predicted molar refractivity (Wildman–Crippen MR) is 74.5 cm³/mol. The molecule has 102 valence electrons. The lowest BCUT2D eigenvalue weighted by atomic mass is 10.3. The SMILES string of the molecule is Nc1nc(N)c(N)c(N)n1.Oc1ccc(Cl)c(O)c1. The van der Waals surface area contributed by atoms with Crippen LogP contribution >= 0.6 is 11.6 Å². The summed E-state index contributed by atoms with van der Waals surface area (Å²) >= 11 is 5.42. The molecule has 0 amide bonds. The molecule has 8 nitrogen and oxygen atoms in total. The summed E-state index contributed by atoms with van der Waals surface area (Å²) in [5.41, 5.74) is 21.3. The van der Waals surface area contributed by atoms with Gasteiger partial charge in [0.25, 0.3) is 0 Å². The summed E-state index contributed by atoms with van der Waals surface area (Å²) in [5.74, 6) is 0.174. The number of aromatic nitrogens is 2. The first-order valence-corrected chi connectivity index (χ1v) is 5.30. The van der Waals surface area contributed by atoms with E-state index in [4.69, 9.17) is 44.7 Å². The first kappa shape index (κ1) is 14.5. The number of hydrogen-bond donors (Lipinski definition) is 6. The van der Waals surface area contributed by atoms with Crippen molar-refractivity contribution in [2.24, 2.45) is 0 Å². The average molecular weight is 285 g/mol. The van der Waals surface area contributed by atoms with E-state index in [1.165, 1.54) is 18.2 Å². The fourth-order valence-electron chi connectivity index (χ4n) is 1.02. The summed E-state index contributed by atoms with van der Waals surface area (Å²) in [5, 5.41) is 17.8. The Morgan fingerprint density at radius 1 is 0.947 bits per heavy atom. The van der Waals surface area contributed by atoms with Crippen LogP contribution in [-0.4, -0.2) is 20.2 Å². The highest BCUT2D eigenvalue weighted by molar-refractivity contribution is 6.32. The third-order valence-electron chi connectivity index (χ3n) is 1.95. The third-order valence-corrected chi connectivity index (χ3v) is 2.27. The molecule has 0 aliphatic heterocycles. The van der Waals surface area contributed by atoms with Gasteiger partial charge in [-0.1, -0.05) is 11.6 Å². The molecule has 0 aliphatic rings. The molecular formula is C10H13ClN6O2. The highest BCUT2D eigenvalue weighted by atomic mass is 35.5. The number of rotatable bonds is 0. The van der Waals surface area contributed by atoms with Gasteiger partial charge in [0.2, 0.25) is 5.95 Å². The van der Waals surface area contributed by atoms with Gasteiger partial charge in [0, 0.05) is 6.07 Å². The molecular weight excluding hydrogens is 272 g/mol. The summed E-state index contributed by atoms with van der Waals surface area (Å²) in [6.07, 6.45) is 0. The van der Waals surface area contributed by atoms with Crippen molar-refractivity contribution in [2.75, 3.05) is 22.9 Å². The second-order valence-corrected chi connectivity index (χ2v) is 3.81. The Kier molecular flexibility index (Phi) is 4.43. The maximum absolute atomic E-state index is 8.81. The number of benzene rings is 1. The van der Waals surface area contributed by atoms with E-state index in [1.807, 2.05) is 0 Å². The van der Waals surface area contributed by atoms with E-state index >= 15 is 0 Å². The Hall–Kier alpha value is -2.61. The fraction of sp³-hybridized carbons (Fsp3) is 0. The number of nitrogens with zero attached hydrogens (tertiary/aromatic N) is 2. The molecule has 0 saturated carbocycles. The Morgan fingerprint density at radius 2 is 1.47 bits per heavy atom. The molecule has 0 fully saturated rings. The zero-order chi connectivity index (χ0) is 14.6. The third kappa shape index (κ3) is 3.96. The molecule has 9 heteroatoms. The molecule has 2 aromatic rings. The highest BCUT2D eigenvalue weighted by Gasteiger charge is 2.02. The van der Waals surface area contributed by atoms with Gasteiger partial charge in [0.05, 0.1) is 5.02 Å². The van der Waals surface area contributed by atoms with Crippen LogP contribution in [-0.2, 0) is 0 Å². The first-order valence-electron chi connectivity index (χ1n) is 4.92. The maximum Gasteiger partial charge on any atom is 0.224 e. The molecule has 1 aromatic heterocycles. The van der Waals surface area contributed by atoms with Crippen molar-refractivity contribution in [1.29, 1.82) is 0 Å². The van der Waals surface area contributed by atoms with Crippen LogP contribution in [0.25, 0.3) is 0 Å². The molecule has 0 bridgehead atoms. The molecule has 0 saturated heterocycles. The van der Waals surface area contributed by atoms with Crippen molar-refractivity contribution in [2.45, 2.75) is 0 Å². The van der Waals surface area contributed by atoms with Crippen LogP contribution < -0.4 is 22.9 Å². The average Bonchev–Trinajstić information content (AvgIpc) is 2.32. The summed E-state index contributed by atoms with van der Waals surface area (Å²) in [6.45, 7) is 0. The van der Waals surface area contributed by atoms with Crippen LogP contribution in [0.15, 0.2) is 18.2 Å². The summed E-state index contributed by atoms with van der Waals surface area (Å²) in [6, 6.07) is 4.01. The minimum absolute atomic E-state index is 0.0110. The number of aromatic hydroxyl groups is 2. The topological polar surface area (TPSA) is 170 Å².